The first-order valence-corrected chi connectivity index (χ1v) is 7.36. The number of ether oxygens (including phenoxy) is 1. The number of nitrogens with one attached hydrogen (secondary N) is 1. The van der Waals surface area contributed by atoms with Crippen LogP contribution < -0.4 is 10.1 Å². The van der Waals surface area contributed by atoms with Gasteiger partial charge in [-0.25, -0.2) is 4.39 Å². The highest BCUT2D eigenvalue weighted by Crippen LogP contribution is 2.11. The van der Waals surface area contributed by atoms with Crippen LogP contribution in [0.15, 0.2) is 48.5 Å². The van der Waals surface area contributed by atoms with Gasteiger partial charge in [0.25, 0.3) is 5.91 Å². The Labute approximate surface area is 134 Å². The second-order valence-corrected chi connectivity index (χ2v) is 4.95. The van der Waals surface area contributed by atoms with E-state index in [1.165, 1.54) is 12.1 Å². The molecule has 0 atom stereocenters. The molecule has 0 saturated carbocycles. The van der Waals surface area contributed by atoms with Gasteiger partial charge >= 0.3 is 0 Å². The van der Waals surface area contributed by atoms with Gasteiger partial charge in [0.15, 0.2) is 0 Å². The first kappa shape index (κ1) is 16.5. The number of carbonyl (C=O) groups is 1. The molecule has 0 aliphatic carbocycles. The van der Waals surface area contributed by atoms with Crippen molar-refractivity contribution in [3.05, 3.63) is 65.5 Å². The fraction of sp³-hybridized carbons (Fsp3) is 0.222. The lowest BCUT2D eigenvalue weighted by molar-refractivity contribution is 0.0952. The van der Waals surface area contributed by atoms with Gasteiger partial charge in [-0.2, -0.15) is 5.26 Å². The van der Waals surface area contributed by atoms with Gasteiger partial charge in [-0.3, -0.25) is 4.79 Å². The average molecular weight is 312 g/mol. The Morgan fingerprint density at radius 3 is 2.43 bits per heavy atom. The van der Waals surface area contributed by atoms with Gasteiger partial charge in [0.1, 0.15) is 11.6 Å². The molecule has 0 unspecified atom stereocenters. The monoisotopic (exact) mass is 312 g/mol. The molecule has 2 rings (SSSR count). The Morgan fingerprint density at radius 2 is 1.78 bits per heavy atom. The molecule has 0 aliphatic heterocycles. The summed E-state index contributed by atoms with van der Waals surface area (Å²) in [5.41, 5.74) is 1.06. The minimum atomic E-state index is -0.289. The summed E-state index contributed by atoms with van der Waals surface area (Å²) in [6.45, 7) is 1.06. The standard InChI is InChI=1S/C18H17FN2O2/c19-16-7-9-17(10-8-16)23-12-2-1-11-21-18(22)15-5-3-14(13-20)4-6-15/h3-10H,1-2,11-12H2,(H,21,22). The van der Waals surface area contributed by atoms with E-state index in [9.17, 15) is 9.18 Å². The van der Waals surface area contributed by atoms with E-state index in [1.54, 1.807) is 36.4 Å². The van der Waals surface area contributed by atoms with Gasteiger partial charge in [0, 0.05) is 12.1 Å². The highest BCUT2D eigenvalue weighted by Gasteiger charge is 2.04. The third-order valence-electron chi connectivity index (χ3n) is 3.22. The first-order chi connectivity index (χ1) is 11.2. The van der Waals surface area contributed by atoms with Crippen molar-refractivity contribution < 1.29 is 13.9 Å². The predicted molar refractivity (Wildman–Crippen MR) is 84.6 cm³/mol. The highest BCUT2D eigenvalue weighted by atomic mass is 19.1. The summed E-state index contributed by atoms with van der Waals surface area (Å²) in [6.07, 6.45) is 1.56. The fourth-order valence-corrected chi connectivity index (χ4v) is 1.95. The highest BCUT2D eigenvalue weighted by molar-refractivity contribution is 5.94. The molecule has 4 nitrogen and oxygen atoms in total. The molecule has 0 bridgehead atoms. The molecule has 0 saturated heterocycles. The number of benzene rings is 2. The zero-order valence-electron chi connectivity index (χ0n) is 12.6. The summed E-state index contributed by atoms with van der Waals surface area (Å²) >= 11 is 0. The summed E-state index contributed by atoms with van der Waals surface area (Å²) in [6, 6.07) is 14.4. The van der Waals surface area contributed by atoms with Crippen molar-refractivity contribution in [1.29, 1.82) is 5.26 Å². The molecule has 0 spiro atoms. The number of unbranched alkanes of at least 4 members (excludes halogenated alkanes) is 1. The van der Waals surface area contributed by atoms with E-state index in [4.69, 9.17) is 10.00 Å². The summed E-state index contributed by atoms with van der Waals surface area (Å²) in [4.78, 5) is 11.9. The summed E-state index contributed by atoms with van der Waals surface area (Å²) in [5.74, 6) is 0.185. The second-order valence-electron chi connectivity index (χ2n) is 4.95. The normalized spacial score (nSPS) is 9.91. The van der Waals surface area contributed by atoms with E-state index < -0.39 is 0 Å². The van der Waals surface area contributed by atoms with Crippen LogP contribution in [0.25, 0.3) is 0 Å². The molecule has 0 heterocycles. The third kappa shape index (κ3) is 5.44. The number of carbonyl (C=O) groups excluding carboxylic acids is 1. The minimum absolute atomic E-state index is 0.158. The van der Waals surface area contributed by atoms with Crippen molar-refractivity contribution in [3.8, 4) is 11.8 Å². The molecule has 1 amide bonds. The third-order valence-corrected chi connectivity index (χ3v) is 3.22. The number of halogens is 1. The zero-order chi connectivity index (χ0) is 16.5. The lowest BCUT2D eigenvalue weighted by atomic mass is 10.1. The van der Waals surface area contributed by atoms with Crippen molar-refractivity contribution in [1.82, 2.24) is 5.32 Å². The SMILES string of the molecule is N#Cc1ccc(C(=O)NCCCCOc2ccc(F)cc2)cc1. The quantitative estimate of drug-likeness (QED) is 0.798. The molecule has 0 aromatic heterocycles. The lowest BCUT2D eigenvalue weighted by Gasteiger charge is -2.07. The Hall–Kier alpha value is -2.87. The van der Waals surface area contributed by atoms with Gasteiger partial charge < -0.3 is 10.1 Å². The van der Waals surface area contributed by atoms with Crippen molar-refractivity contribution >= 4 is 5.91 Å². The van der Waals surface area contributed by atoms with Gasteiger partial charge in [0.05, 0.1) is 18.2 Å². The van der Waals surface area contributed by atoms with Crippen LogP contribution in [0.5, 0.6) is 5.75 Å². The minimum Gasteiger partial charge on any atom is -0.494 e. The molecular weight excluding hydrogens is 295 g/mol. The van der Waals surface area contributed by atoms with Crippen LogP contribution in [0.4, 0.5) is 4.39 Å². The van der Waals surface area contributed by atoms with Crippen molar-refractivity contribution in [3.63, 3.8) is 0 Å². The summed E-state index contributed by atoms with van der Waals surface area (Å²) < 4.78 is 18.2. The van der Waals surface area contributed by atoms with Crippen LogP contribution in [0.1, 0.15) is 28.8 Å². The Bertz CT molecular complexity index is 676. The van der Waals surface area contributed by atoms with Gasteiger partial charge in [0.2, 0.25) is 0 Å². The second kappa shape index (κ2) is 8.54. The largest absolute Gasteiger partial charge is 0.494 e. The molecule has 0 aliphatic rings. The smallest absolute Gasteiger partial charge is 0.251 e. The maximum Gasteiger partial charge on any atom is 0.251 e. The van der Waals surface area contributed by atoms with Crippen LogP contribution in [0.2, 0.25) is 0 Å². The van der Waals surface area contributed by atoms with E-state index in [2.05, 4.69) is 5.32 Å². The van der Waals surface area contributed by atoms with Gasteiger partial charge in [-0.15, -0.1) is 0 Å². The van der Waals surface area contributed by atoms with E-state index >= 15 is 0 Å². The van der Waals surface area contributed by atoms with Gasteiger partial charge in [-0.1, -0.05) is 0 Å². The summed E-state index contributed by atoms with van der Waals surface area (Å²) in [5, 5.41) is 11.5. The Morgan fingerprint density at radius 1 is 1.09 bits per heavy atom. The van der Waals surface area contributed by atoms with Crippen LogP contribution in [-0.2, 0) is 0 Å². The molecule has 118 valence electrons. The molecular formula is C18H17FN2O2. The molecule has 0 fully saturated rings. The molecule has 1 N–H and O–H groups in total. The van der Waals surface area contributed by atoms with Crippen molar-refractivity contribution in [2.75, 3.05) is 13.2 Å². The van der Waals surface area contributed by atoms with Crippen molar-refractivity contribution in [2.45, 2.75) is 12.8 Å². The molecule has 5 heteroatoms. The number of nitrogens with zero attached hydrogens (tertiary/aromatic N) is 1. The Balaban J connectivity index is 1.62. The van der Waals surface area contributed by atoms with Crippen LogP contribution in [0.3, 0.4) is 0 Å². The maximum atomic E-state index is 12.7. The number of hydrogen-bond acceptors (Lipinski definition) is 3. The van der Waals surface area contributed by atoms with E-state index in [-0.39, 0.29) is 11.7 Å². The van der Waals surface area contributed by atoms with Crippen LogP contribution in [-0.4, -0.2) is 19.1 Å². The number of amides is 1. The number of nitriles is 1. The number of rotatable bonds is 7. The first-order valence-electron chi connectivity index (χ1n) is 7.36. The predicted octanol–water partition coefficient (Wildman–Crippen LogP) is 3.29. The molecule has 2 aromatic rings. The van der Waals surface area contributed by atoms with E-state index in [0.717, 1.165) is 12.8 Å². The number of hydrogen-bond donors (Lipinski definition) is 1. The van der Waals surface area contributed by atoms with Crippen molar-refractivity contribution in [2.24, 2.45) is 0 Å². The molecule has 0 radical (unpaired) electrons. The lowest BCUT2D eigenvalue weighted by Crippen LogP contribution is -2.24. The van der Waals surface area contributed by atoms with E-state index in [1.807, 2.05) is 6.07 Å². The molecule has 23 heavy (non-hydrogen) atoms. The van der Waals surface area contributed by atoms with E-state index in [0.29, 0.717) is 30.0 Å². The zero-order valence-corrected chi connectivity index (χ0v) is 12.6. The van der Waals surface area contributed by atoms with Crippen LogP contribution >= 0.6 is 0 Å². The average Bonchev–Trinajstić information content (AvgIpc) is 2.59. The Kier molecular flexibility index (Phi) is 6.13. The van der Waals surface area contributed by atoms with Gasteiger partial charge in [-0.05, 0) is 61.4 Å². The fourth-order valence-electron chi connectivity index (χ4n) is 1.95. The van der Waals surface area contributed by atoms with Crippen LogP contribution in [0, 0.1) is 17.1 Å². The summed E-state index contributed by atoms with van der Waals surface area (Å²) in [7, 11) is 0. The maximum absolute atomic E-state index is 12.7. The molecule has 2 aromatic carbocycles. The topological polar surface area (TPSA) is 62.1 Å².